The Balaban J connectivity index is 1.99. The van der Waals surface area contributed by atoms with Crippen LogP contribution in [0.25, 0.3) is 10.2 Å². The average Bonchev–Trinajstić information content (AvgIpc) is 2.51. The van der Waals surface area contributed by atoms with Gasteiger partial charge in [-0.15, -0.1) is 16.4 Å². The fourth-order valence-corrected chi connectivity index (χ4v) is 3.21. The second-order valence-corrected chi connectivity index (χ2v) is 5.26. The fourth-order valence-electron chi connectivity index (χ4n) is 1.95. The summed E-state index contributed by atoms with van der Waals surface area (Å²) in [7, 11) is 0. The van der Waals surface area contributed by atoms with Gasteiger partial charge in [0.2, 0.25) is 0 Å². The van der Waals surface area contributed by atoms with Crippen molar-refractivity contribution in [1.29, 1.82) is 0 Å². The Morgan fingerprint density at radius 2 is 2.40 bits per heavy atom. The van der Waals surface area contributed by atoms with Crippen molar-refractivity contribution in [3.63, 3.8) is 0 Å². The van der Waals surface area contributed by atoms with E-state index in [1.54, 1.807) is 6.20 Å². The number of aryl methyl sites for hydroxylation is 1. The van der Waals surface area contributed by atoms with Crippen LogP contribution in [-0.2, 0) is 6.42 Å². The molecule has 0 amide bonds. The molecular weight excluding hydrogens is 206 g/mol. The average molecular weight is 219 g/mol. The zero-order valence-corrected chi connectivity index (χ0v) is 9.47. The first-order valence-electron chi connectivity index (χ1n) is 5.25. The second kappa shape index (κ2) is 3.54. The quantitative estimate of drug-likeness (QED) is 0.836. The van der Waals surface area contributed by atoms with E-state index in [-0.39, 0.29) is 0 Å². The van der Waals surface area contributed by atoms with Gasteiger partial charge in [-0.2, -0.15) is 5.10 Å². The second-order valence-electron chi connectivity index (χ2n) is 4.12. The first-order chi connectivity index (χ1) is 7.34. The van der Waals surface area contributed by atoms with Crippen LogP contribution < -0.4 is 5.32 Å². The number of rotatable bonds is 2. The summed E-state index contributed by atoms with van der Waals surface area (Å²) in [6.45, 7) is 4.49. The number of hydrogen-bond acceptors (Lipinski definition) is 4. The van der Waals surface area contributed by atoms with Gasteiger partial charge in [0.25, 0.3) is 0 Å². The molecule has 2 aromatic rings. The van der Waals surface area contributed by atoms with Gasteiger partial charge in [-0.3, -0.25) is 0 Å². The summed E-state index contributed by atoms with van der Waals surface area (Å²) in [5.41, 5.74) is 2.42. The molecule has 3 heterocycles. The molecule has 0 aliphatic carbocycles. The third-order valence-electron chi connectivity index (χ3n) is 3.03. The smallest absolute Gasteiger partial charge is 0.107 e. The third kappa shape index (κ3) is 1.54. The summed E-state index contributed by atoms with van der Waals surface area (Å²) < 4.78 is 1.27. The van der Waals surface area contributed by atoms with E-state index in [4.69, 9.17) is 0 Å². The summed E-state index contributed by atoms with van der Waals surface area (Å²) in [5, 5.41) is 11.5. The topological polar surface area (TPSA) is 37.8 Å². The van der Waals surface area contributed by atoms with E-state index < -0.39 is 0 Å². The Kier molecular flexibility index (Phi) is 2.18. The van der Waals surface area contributed by atoms with Gasteiger partial charge < -0.3 is 5.32 Å². The van der Waals surface area contributed by atoms with Crippen molar-refractivity contribution >= 4 is 21.6 Å². The van der Waals surface area contributed by atoms with Crippen LogP contribution in [0.5, 0.6) is 0 Å². The van der Waals surface area contributed by atoms with Gasteiger partial charge in [0.05, 0.1) is 10.9 Å². The Bertz CT molecular complexity index is 488. The Morgan fingerprint density at radius 1 is 1.53 bits per heavy atom. The van der Waals surface area contributed by atoms with Gasteiger partial charge in [0.1, 0.15) is 5.52 Å². The molecule has 15 heavy (non-hydrogen) atoms. The van der Waals surface area contributed by atoms with Gasteiger partial charge in [-0.25, -0.2) is 0 Å². The molecule has 0 unspecified atom stereocenters. The highest BCUT2D eigenvalue weighted by atomic mass is 32.1. The molecule has 3 nitrogen and oxygen atoms in total. The van der Waals surface area contributed by atoms with Crippen LogP contribution >= 0.6 is 11.3 Å². The van der Waals surface area contributed by atoms with E-state index in [1.165, 1.54) is 34.7 Å². The van der Waals surface area contributed by atoms with E-state index >= 15 is 0 Å². The van der Waals surface area contributed by atoms with Gasteiger partial charge >= 0.3 is 0 Å². The number of thiophene rings is 1. The highest BCUT2D eigenvalue weighted by Crippen LogP contribution is 2.30. The van der Waals surface area contributed by atoms with Crippen LogP contribution in [-0.4, -0.2) is 23.3 Å². The SMILES string of the molecule is Cc1c(CC2CNC2)sc2ccnnc12. The maximum absolute atomic E-state index is 4.20. The third-order valence-corrected chi connectivity index (χ3v) is 4.30. The molecule has 0 spiro atoms. The van der Waals surface area contributed by atoms with E-state index in [0.717, 1.165) is 11.4 Å². The van der Waals surface area contributed by atoms with E-state index in [0.29, 0.717) is 0 Å². The molecule has 4 heteroatoms. The minimum Gasteiger partial charge on any atom is -0.316 e. The normalized spacial score (nSPS) is 16.9. The molecule has 0 aromatic carbocycles. The molecule has 0 atom stereocenters. The van der Waals surface area contributed by atoms with Crippen molar-refractivity contribution in [1.82, 2.24) is 15.5 Å². The lowest BCUT2D eigenvalue weighted by Crippen LogP contribution is -2.42. The maximum Gasteiger partial charge on any atom is 0.107 e. The van der Waals surface area contributed by atoms with Crippen molar-refractivity contribution in [2.24, 2.45) is 5.92 Å². The molecule has 1 aliphatic heterocycles. The number of hydrogen-bond donors (Lipinski definition) is 1. The molecule has 1 aliphatic rings. The van der Waals surface area contributed by atoms with E-state index in [9.17, 15) is 0 Å². The first-order valence-corrected chi connectivity index (χ1v) is 6.06. The zero-order chi connectivity index (χ0) is 10.3. The molecule has 2 aromatic heterocycles. The Hall–Kier alpha value is -1.000. The van der Waals surface area contributed by atoms with Gasteiger partial charge in [-0.05, 0) is 44.0 Å². The number of nitrogens with zero attached hydrogens (tertiary/aromatic N) is 2. The molecule has 0 bridgehead atoms. The molecule has 0 saturated carbocycles. The Morgan fingerprint density at radius 3 is 3.07 bits per heavy atom. The molecule has 3 rings (SSSR count). The van der Waals surface area contributed by atoms with Crippen molar-refractivity contribution in [3.05, 3.63) is 22.7 Å². The summed E-state index contributed by atoms with van der Waals surface area (Å²) in [4.78, 5) is 1.48. The van der Waals surface area contributed by atoms with Crippen LogP contribution in [0.15, 0.2) is 12.3 Å². The summed E-state index contributed by atoms with van der Waals surface area (Å²) in [6, 6.07) is 2.06. The van der Waals surface area contributed by atoms with E-state index in [1.807, 2.05) is 11.3 Å². The highest BCUT2D eigenvalue weighted by molar-refractivity contribution is 7.19. The molecule has 1 N–H and O–H groups in total. The van der Waals surface area contributed by atoms with Crippen molar-refractivity contribution in [3.8, 4) is 0 Å². The van der Waals surface area contributed by atoms with E-state index in [2.05, 4.69) is 28.5 Å². The summed E-state index contributed by atoms with van der Waals surface area (Å²) >= 11 is 1.87. The predicted octanol–water partition coefficient (Wildman–Crippen LogP) is 1.76. The summed E-state index contributed by atoms with van der Waals surface area (Å²) in [6.07, 6.45) is 2.97. The van der Waals surface area contributed by atoms with Crippen molar-refractivity contribution in [2.45, 2.75) is 13.3 Å². The monoisotopic (exact) mass is 219 g/mol. The van der Waals surface area contributed by atoms with Gasteiger partial charge in [0.15, 0.2) is 0 Å². The van der Waals surface area contributed by atoms with Gasteiger partial charge in [-0.1, -0.05) is 0 Å². The molecule has 0 radical (unpaired) electrons. The minimum atomic E-state index is 0.824. The zero-order valence-electron chi connectivity index (χ0n) is 8.66. The highest BCUT2D eigenvalue weighted by Gasteiger charge is 2.20. The predicted molar refractivity (Wildman–Crippen MR) is 62.2 cm³/mol. The summed E-state index contributed by atoms with van der Waals surface area (Å²) in [5.74, 6) is 0.824. The number of aromatic nitrogens is 2. The van der Waals surface area contributed by atoms with Crippen molar-refractivity contribution < 1.29 is 0 Å². The number of fused-ring (bicyclic) bond motifs is 1. The van der Waals surface area contributed by atoms with Gasteiger partial charge in [0, 0.05) is 4.88 Å². The minimum absolute atomic E-state index is 0.824. The number of nitrogens with one attached hydrogen (secondary N) is 1. The standard InChI is InChI=1S/C11H13N3S/c1-7-10(4-8-5-12-6-8)15-9-2-3-13-14-11(7)9/h2-3,8,12H,4-6H2,1H3. The lowest BCUT2D eigenvalue weighted by molar-refractivity contribution is 0.348. The lowest BCUT2D eigenvalue weighted by Gasteiger charge is -2.26. The largest absolute Gasteiger partial charge is 0.316 e. The fraction of sp³-hybridized carbons (Fsp3) is 0.455. The molecule has 1 saturated heterocycles. The first kappa shape index (κ1) is 9.24. The van der Waals surface area contributed by atoms with Crippen LogP contribution in [0.4, 0.5) is 0 Å². The van der Waals surface area contributed by atoms with Crippen LogP contribution in [0, 0.1) is 12.8 Å². The van der Waals surface area contributed by atoms with Crippen LogP contribution in [0.2, 0.25) is 0 Å². The van der Waals surface area contributed by atoms with Crippen molar-refractivity contribution in [2.75, 3.05) is 13.1 Å². The molecule has 78 valence electrons. The Labute approximate surface area is 92.5 Å². The maximum atomic E-state index is 4.20. The molecule has 1 fully saturated rings. The van der Waals surface area contributed by atoms with Crippen LogP contribution in [0.3, 0.4) is 0 Å². The molecular formula is C11H13N3S. The lowest BCUT2D eigenvalue weighted by atomic mass is 9.97. The van der Waals surface area contributed by atoms with Crippen LogP contribution in [0.1, 0.15) is 10.4 Å².